The van der Waals surface area contributed by atoms with Gasteiger partial charge in [-0.3, -0.25) is 38.1 Å². The molecule has 424 valence electrons. The maximum Gasteiger partial charge on any atom is 0.323 e. The molecule has 22 nitrogen and oxygen atoms in total. The highest BCUT2D eigenvalue weighted by molar-refractivity contribution is 7.60. The number of nitrogens with two attached hydrogens (primary N) is 1. The molecule has 2 heterocycles. The van der Waals surface area contributed by atoms with Crippen molar-refractivity contribution in [1.82, 2.24) is 39.9 Å². The van der Waals surface area contributed by atoms with Crippen molar-refractivity contribution in [3.8, 4) is 0 Å². The van der Waals surface area contributed by atoms with Crippen molar-refractivity contribution in [2.24, 2.45) is 5.92 Å². The fourth-order valence-corrected chi connectivity index (χ4v) is 12.5. The minimum atomic E-state index is -4.22. The minimum absolute atomic E-state index is 0.00992. The molecule has 0 aliphatic rings. The summed E-state index contributed by atoms with van der Waals surface area (Å²) in [5.41, 5.74) is 8.43. The van der Waals surface area contributed by atoms with Crippen LogP contribution in [-0.4, -0.2) is 120 Å². The normalized spacial score (nSPS) is 13.3. The van der Waals surface area contributed by atoms with Gasteiger partial charge in [-0.15, -0.1) is 0 Å². The molecule has 0 spiro atoms. The van der Waals surface area contributed by atoms with E-state index in [9.17, 15) is 24.0 Å². The van der Waals surface area contributed by atoms with E-state index in [0.717, 1.165) is 22.3 Å². The van der Waals surface area contributed by atoms with E-state index in [1.54, 1.807) is 80.8 Å². The number of esters is 4. The highest BCUT2D eigenvalue weighted by Gasteiger charge is 2.38. The number of hydrogen-bond acceptors (Lipinski definition) is 16. The third kappa shape index (κ3) is 19.5. The summed E-state index contributed by atoms with van der Waals surface area (Å²) in [5.74, 6) is -3.72. The number of nitrogens with zero attached hydrogens (tertiary/aromatic N) is 3. The lowest BCUT2D eigenvalue weighted by molar-refractivity contribution is -0.146. The van der Waals surface area contributed by atoms with Crippen LogP contribution in [0.4, 0.5) is 5.95 Å². The molecule has 0 saturated heterocycles. The molecular weight excluding hydrogens is 1060 g/mol. The van der Waals surface area contributed by atoms with Gasteiger partial charge in [0.1, 0.15) is 36.9 Å². The molecule has 0 aliphatic heterocycles. The van der Waals surface area contributed by atoms with Gasteiger partial charge in [0, 0.05) is 12.5 Å². The standard InChI is InChI=1S/C55H71N9O13P2/c1-5-74-51(66)44(29-39-21-13-9-14-22-39)60-78(70,61-45(52(67)75-6-2)30-40-23-15-10-16-24-40)37-72-34-43(33-64-36-57-48-49(64)58-55(56)59-50(48)65)35-73-38-79(71,62-46(53(68)76-7-3)31-41-25-17-11-18-26-41)63-47(54(69)77-8-4)32-42-27-19-12-20-28-42/h9-28,36,43-47H,5-8,29-35,37-38H2,1-4H3,(H2,60,61,70)(H2,62,63,71)(H3,56,58,59,65)/t44-,45-,46-,47-/m0/s1. The summed E-state index contributed by atoms with van der Waals surface area (Å²) in [4.78, 5) is 78.7. The second kappa shape index (κ2) is 31.1. The first kappa shape index (κ1) is 61.3. The molecule has 0 bridgehead atoms. The quantitative estimate of drug-likeness (QED) is 0.0160. The summed E-state index contributed by atoms with van der Waals surface area (Å²) in [5, 5.41) is 12.0. The van der Waals surface area contributed by atoms with Crippen LogP contribution in [0.15, 0.2) is 132 Å². The van der Waals surface area contributed by atoms with E-state index in [-0.39, 0.29) is 89.0 Å². The van der Waals surface area contributed by atoms with Gasteiger partial charge in [-0.25, -0.2) is 25.3 Å². The molecule has 0 fully saturated rings. The Morgan fingerprint density at radius 2 is 0.861 bits per heavy atom. The van der Waals surface area contributed by atoms with Gasteiger partial charge >= 0.3 is 23.9 Å². The van der Waals surface area contributed by atoms with Crippen LogP contribution < -0.4 is 31.6 Å². The number of ether oxygens (including phenoxy) is 6. The fourth-order valence-electron chi connectivity index (χ4n) is 8.56. The Hall–Kier alpha value is -6.87. The van der Waals surface area contributed by atoms with E-state index in [2.05, 4.69) is 35.3 Å². The number of benzene rings is 4. The molecule has 7 N–H and O–H groups in total. The zero-order valence-electron chi connectivity index (χ0n) is 44.8. The molecule has 0 unspecified atom stereocenters. The Labute approximate surface area is 459 Å². The third-order valence-electron chi connectivity index (χ3n) is 12.1. The van der Waals surface area contributed by atoms with Crippen LogP contribution in [0.1, 0.15) is 49.9 Å². The van der Waals surface area contributed by atoms with Crippen molar-refractivity contribution in [3.63, 3.8) is 0 Å². The molecule has 24 heteroatoms. The maximum atomic E-state index is 15.6. The van der Waals surface area contributed by atoms with Crippen LogP contribution >= 0.6 is 14.9 Å². The number of carbonyl (C=O) groups is 4. The van der Waals surface area contributed by atoms with E-state index < -0.39 is 87.1 Å². The third-order valence-corrected chi connectivity index (χ3v) is 16.1. The van der Waals surface area contributed by atoms with Gasteiger partial charge < -0.3 is 38.7 Å². The largest absolute Gasteiger partial charge is 0.465 e. The van der Waals surface area contributed by atoms with Crippen LogP contribution in [0.25, 0.3) is 11.2 Å². The number of anilines is 1. The highest BCUT2D eigenvalue weighted by Crippen LogP contribution is 2.41. The number of nitrogen functional groups attached to an aromatic ring is 1. The highest BCUT2D eigenvalue weighted by atomic mass is 31.2. The van der Waals surface area contributed by atoms with Crippen LogP contribution in [0.3, 0.4) is 0 Å². The number of imidazole rings is 1. The zero-order chi connectivity index (χ0) is 56.6. The van der Waals surface area contributed by atoms with E-state index in [0.29, 0.717) is 0 Å². The molecule has 4 aromatic carbocycles. The monoisotopic (exact) mass is 1130 g/mol. The van der Waals surface area contributed by atoms with Crippen LogP contribution in [0, 0.1) is 5.92 Å². The average Bonchev–Trinajstić information content (AvgIpc) is 3.84. The van der Waals surface area contributed by atoms with E-state index in [1.165, 1.54) is 6.33 Å². The lowest BCUT2D eigenvalue weighted by atomic mass is 10.1. The number of H-pyrrole nitrogens is 1. The topological polar surface area (TPSA) is 296 Å². The van der Waals surface area contributed by atoms with Gasteiger partial charge in [0.15, 0.2) is 11.2 Å². The van der Waals surface area contributed by atoms with E-state index in [4.69, 9.17) is 34.2 Å². The first-order chi connectivity index (χ1) is 38.1. The second-order valence-electron chi connectivity index (χ2n) is 18.4. The fraction of sp³-hybridized carbons (Fsp3) is 0.400. The minimum Gasteiger partial charge on any atom is -0.465 e. The molecule has 6 rings (SSSR count). The Balaban J connectivity index is 1.35. The zero-order valence-corrected chi connectivity index (χ0v) is 46.6. The lowest BCUT2D eigenvalue weighted by Gasteiger charge is -2.30. The molecule has 0 aliphatic carbocycles. The smallest absolute Gasteiger partial charge is 0.323 e. The van der Waals surface area contributed by atoms with Crippen molar-refractivity contribution in [2.45, 2.75) is 84.1 Å². The SMILES string of the molecule is CCOC(=O)[C@H](Cc1ccccc1)NP(=O)(COCC(COCP(=O)(N[C@@H](Cc1ccccc1)C(=O)OCC)N[C@@H](Cc1ccccc1)C(=O)OCC)Cn1cnc2c(=O)[nH]c(N)nc21)N[C@@H](Cc1ccccc1)C(=O)OCC. The van der Waals surface area contributed by atoms with Gasteiger partial charge in [0.05, 0.1) is 46.0 Å². The predicted molar refractivity (Wildman–Crippen MR) is 298 cm³/mol. The molecular formula is C55H71N9O13P2. The molecule has 79 heavy (non-hydrogen) atoms. The van der Waals surface area contributed by atoms with Crippen molar-refractivity contribution in [1.29, 1.82) is 0 Å². The summed E-state index contributed by atoms with van der Waals surface area (Å²) in [6.07, 6.45) is 0.375. The molecule has 2 aromatic heterocycles. The van der Waals surface area contributed by atoms with Gasteiger partial charge in [0.2, 0.25) is 20.8 Å². The van der Waals surface area contributed by atoms with Crippen LogP contribution in [-0.2, 0) is 89.0 Å². The summed E-state index contributed by atoms with van der Waals surface area (Å²) in [6.45, 7) is 6.17. The maximum absolute atomic E-state index is 15.6. The van der Waals surface area contributed by atoms with Crippen molar-refractivity contribution >= 4 is 55.9 Å². The number of hydrogen-bond donors (Lipinski definition) is 6. The van der Waals surface area contributed by atoms with Crippen molar-refractivity contribution < 1.29 is 56.7 Å². The number of aromatic amines is 1. The number of carbonyl (C=O) groups excluding carboxylic acids is 4. The summed E-state index contributed by atoms with van der Waals surface area (Å²) < 4.78 is 67.3. The molecule has 0 radical (unpaired) electrons. The van der Waals surface area contributed by atoms with Crippen molar-refractivity contribution in [2.75, 3.05) is 58.1 Å². The Morgan fingerprint density at radius 1 is 0.544 bits per heavy atom. The lowest BCUT2D eigenvalue weighted by Crippen LogP contribution is -2.46. The number of aromatic nitrogens is 4. The predicted octanol–water partition coefficient (Wildman–Crippen LogP) is 5.71. The number of rotatable bonds is 34. The Morgan fingerprint density at radius 3 is 1.16 bits per heavy atom. The number of fused-ring (bicyclic) bond motifs is 1. The molecule has 4 atom stereocenters. The van der Waals surface area contributed by atoms with Gasteiger partial charge in [-0.05, 0) is 75.6 Å². The van der Waals surface area contributed by atoms with Crippen LogP contribution in [0.2, 0.25) is 0 Å². The van der Waals surface area contributed by atoms with Crippen LogP contribution in [0.5, 0.6) is 0 Å². The first-order valence-electron chi connectivity index (χ1n) is 26.1. The number of nitrogens with one attached hydrogen (secondary N) is 5. The molecule has 0 saturated carbocycles. The van der Waals surface area contributed by atoms with Gasteiger partial charge in [0.25, 0.3) is 5.56 Å². The average molecular weight is 1130 g/mol. The van der Waals surface area contributed by atoms with Crippen molar-refractivity contribution in [3.05, 3.63) is 160 Å². The van der Waals surface area contributed by atoms with E-state index >= 15 is 9.13 Å². The molecule has 0 amide bonds. The van der Waals surface area contributed by atoms with Gasteiger partial charge in [-0.2, -0.15) is 4.98 Å². The van der Waals surface area contributed by atoms with Gasteiger partial charge in [-0.1, -0.05) is 121 Å². The van der Waals surface area contributed by atoms with E-state index in [1.807, 2.05) is 72.8 Å². The summed E-state index contributed by atoms with van der Waals surface area (Å²) in [6, 6.07) is 31.5. The first-order valence-corrected chi connectivity index (χ1v) is 29.9. The Bertz CT molecular complexity index is 2740. The summed E-state index contributed by atoms with van der Waals surface area (Å²) >= 11 is 0. The molecule has 6 aromatic rings. The Kier molecular flexibility index (Phi) is 24.1. The second-order valence-corrected chi connectivity index (χ2v) is 22.9. The summed E-state index contributed by atoms with van der Waals surface area (Å²) in [7, 11) is -8.45.